The molecule has 1 N–H and O–H groups in total. The van der Waals surface area contributed by atoms with Crippen molar-refractivity contribution < 1.29 is 8.42 Å². The van der Waals surface area contributed by atoms with Gasteiger partial charge in [0, 0.05) is 6.54 Å². The number of aromatic nitrogens is 2. The molecule has 1 aromatic heterocycles. The summed E-state index contributed by atoms with van der Waals surface area (Å²) >= 11 is 5.54. The van der Waals surface area contributed by atoms with E-state index in [1.165, 1.54) is 12.4 Å². The summed E-state index contributed by atoms with van der Waals surface area (Å²) in [5.41, 5.74) is 0.290. The summed E-state index contributed by atoms with van der Waals surface area (Å²) in [6.07, 6.45) is 2.42. The van der Waals surface area contributed by atoms with Crippen LogP contribution in [0.4, 0.5) is 0 Å². The van der Waals surface area contributed by atoms with Crippen molar-refractivity contribution in [3.05, 3.63) is 17.7 Å². The van der Waals surface area contributed by atoms with Gasteiger partial charge in [-0.2, -0.15) is 0 Å². The predicted octanol–water partition coefficient (Wildman–Crippen LogP) is 2.09. The number of nitrogens with one attached hydrogen (secondary N) is 1. The highest BCUT2D eigenvalue weighted by Crippen LogP contribution is 2.67. The van der Waals surface area contributed by atoms with E-state index in [0.717, 1.165) is 0 Å². The van der Waals surface area contributed by atoms with Crippen molar-refractivity contribution in [3.63, 3.8) is 0 Å². The van der Waals surface area contributed by atoms with Gasteiger partial charge in [-0.15, -0.1) is 0 Å². The lowest BCUT2D eigenvalue weighted by Crippen LogP contribution is -2.27. The quantitative estimate of drug-likeness (QED) is 0.865. The largest absolute Gasteiger partial charge is 0.243 e. The number of hydrogen-bond acceptors (Lipinski definition) is 4. The van der Waals surface area contributed by atoms with Gasteiger partial charge in [-0.25, -0.2) is 23.1 Å². The minimum absolute atomic E-state index is 0.0309. The molecule has 1 aromatic rings. The number of halogens is 1. The Morgan fingerprint density at radius 1 is 1.21 bits per heavy atom. The van der Waals surface area contributed by atoms with Gasteiger partial charge in [-0.05, 0) is 28.3 Å². The Hall–Kier alpha value is -0.720. The molecule has 0 radical (unpaired) electrons. The van der Waals surface area contributed by atoms with Gasteiger partial charge >= 0.3 is 0 Å². The van der Waals surface area contributed by atoms with Crippen molar-refractivity contribution in [2.75, 3.05) is 6.54 Å². The van der Waals surface area contributed by atoms with E-state index in [-0.39, 0.29) is 21.0 Å². The average molecular weight is 304 g/mol. The van der Waals surface area contributed by atoms with Gasteiger partial charge in [0.15, 0.2) is 0 Å². The fourth-order valence-corrected chi connectivity index (χ4v) is 3.59. The standard InChI is InChI=1S/C12H18ClN3O2S/c1-11(2)9(12(11,3)4)7-16-19(17,18)8-5-14-10(13)15-6-8/h5-6,9,16H,7H2,1-4H3. The van der Waals surface area contributed by atoms with Crippen LogP contribution < -0.4 is 4.72 Å². The van der Waals surface area contributed by atoms with Crippen LogP contribution in [0.15, 0.2) is 17.3 Å². The van der Waals surface area contributed by atoms with Crippen molar-refractivity contribution in [2.45, 2.75) is 32.6 Å². The first-order chi connectivity index (χ1) is 8.59. The van der Waals surface area contributed by atoms with E-state index in [2.05, 4.69) is 42.4 Å². The van der Waals surface area contributed by atoms with Gasteiger partial charge in [-0.1, -0.05) is 27.7 Å². The van der Waals surface area contributed by atoms with Gasteiger partial charge in [0.25, 0.3) is 0 Å². The zero-order valence-corrected chi connectivity index (χ0v) is 13.0. The Kier molecular flexibility index (Phi) is 3.40. The number of nitrogens with zero attached hydrogens (tertiary/aromatic N) is 2. The zero-order valence-electron chi connectivity index (χ0n) is 11.4. The third-order valence-corrected chi connectivity index (χ3v) is 6.28. The molecule has 5 nitrogen and oxygen atoms in total. The van der Waals surface area contributed by atoms with Gasteiger partial charge in [-0.3, -0.25) is 0 Å². The van der Waals surface area contributed by atoms with Crippen molar-refractivity contribution in [1.82, 2.24) is 14.7 Å². The molecule has 0 aromatic carbocycles. The molecule has 1 aliphatic rings. The Morgan fingerprint density at radius 3 is 2.11 bits per heavy atom. The van der Waals surface area contributed by atoms with E-state index < -0.39 is 10.0 Å². The molecule has 7 heteroatoms. The topological polar surface area (TPSA) is 72.0 Å². The van der Waals surface area contributed by atoms with Crippen LogP contribution in [0.25, 0.3) is 0 Å². The number of sulfonamides is 1. The van der Waals surface area contributed by atoms with Gasteiger partial charge in [0.2, 0.25) is 15.3 Å². The molecule has 0 atom stereocenters. The van der Waals surface area contributed by atoms with E-state index in [9.17, 15) is 8.42 Å². The Morgan fingerprint density at radius 2 is 1.68 bits per heavy atom. The first-order valence-corrected chi connectivity index (χ1v) is 7.92. The van der Waals surface area contributed by atoms with Crippen molar-refractivity contribution >= 4 is 21.6 Å². The Labute approximate surface area is 118 Å². The fourth-order valence-electron chi connectivity index (χ4n) is 2.56. The second-order valence-corrected chi connectivity index (χ2v) is 8.14. The normalized spacial score (nSPS) is 21.3. The lowest BCUT2D eigenvalue weighted by Gasteiger charge is -2.07. The van der Waals surface area contributed by atoms with Crippen molar-refractivity contribution in [3.8, 4) is 0 Å². The maximum Gasteiger partial charge on any atom is 0.243 e. The van der Waals surface area contributed by atoms with E-state index in [0.29, 0.717) is 12.5 Å². The molecule has 1 heterocycles. The van der Waals surface area contributed by atoms with Crippen molar-refractivity contribution in [1.29, 1.82) is 0 Å². The predicted molar refractivity (Wildman–Crippen MR) is 73.3 cm³/mol. The average Bonchev–Trinajstić information content (AvgIpc) is 2.67. The molecular formula is C12H18ClN3O2S. The summed E-state index contributed by atoms with van der Waals surface area (Å²) in [4.78, 5) is 7.40. The molecule has 0 unspecified atom stereocenters. The minimum atomic E-state index is -3.57. The van der Waals surface area contributed by atoms with Crippen LogP contribution in [0.3, 0.4) is 0 Å². The third kappa shape index (κ3) is 2.49. The summed E-state index contributed by atoms with van der Waals surface area (Å²) in [7, 11) is -3.57. The second kappa shape index (κ2) is 4.40. The molecule has 1 saturated carbocycles. The van der Waals surface area contributed by atoms with Gasteiger partial charge in [0.1, 0.15) is 4.90 Å². The zero-order chi connectivity index (χ0) is 14.5. The van der Waals surface area contributed by atoms with E-state index >= 15 is 0 Å². The van der Waals surface area contributed by atoms with Gasteiger partial charge in [0.05, 0.1) is 12.4 Å². The fraction of sp³-hybridized carbons (Fsp3) is 0.667. The lowest BCUT2D eigenvalue weighted by molar-refractivity contribution is 0.457. The van der Waals surface area contributed by atoms with E-state index in [1.807, 2.05) is 0 Å². The number of rotatable bonds is 4. The van der Waals surface area contributed by atoms with Crippen LogP contribution >= 0.6 is 11.6 Å². The Balaban J connectivity index is 2.06. The molecule has 0 aliphatic heterocycles. The summed E-state index contributed by atoms with van der Waals surface area (Å²) in [6.45, 7) is 9.02. The molecule has 1 aliphatic carbocycles. The highest BCUT2D eigenvalue weighted by molar-refractivity contribution is 7.89. The molecule has 106 valence electrons. The molecule has 2 rings (SSSR count). The summed E-state index contributed by atoms with van der Waals surface area (Å²) < 4.78 is 26.7. The molecule has 0 amide bonds. The number of hydrogen-bond donors (Lipinski definition) is 1. The second-order valence-electron chi connectivity index (χ2n) is 6.04. The SMILES string of the molecule is CC1(C)C(CNS(=O)(=O)c2cnc(Cl)nc2)C1(C)C. The summed E-state index contributed by atoms with van der Waals surface area (Å²) in [6, 6.07) is 0. The Bertz CT molecular complexity index is 567. The monoisotopic (exact) mass is 303 g/mol. The first-order valence-electron chi connectivity index (χ1n) is 6.06. The molecule has 0 spiro atoms. The maximum atomic E-state index is 12.1. The molecule has 0 bridgehead atoms. The third-order valence-electron chi connectivity index (χ3n) is 4.70. The molecule has 1 fully saturated rings. The molecular weight excluding hydrogens is 286 g/mol. The van der Waals surface area contributed by atoms with Crippen LogP contribution in [0.2, 0.25) is 5.28 Å². The highest BCUT2D eigenvalue weighted by atomic mass is 35.5. The van der Waals surface area contributed by atoms with Crippen LogP contribution in [-0.4, -0.2) is 24.9 Å². The minimum Gasteiger partial charge on any atom is -0.225 e. The summed E-state index contributed by atoms with van der Waals surface area (Å²) in [5.74, 6) is 0.322. The first kappa shape index (κ1) is 14.7. The van der Waals surface area contributed by atoms with Crippen molar-refractivity contribution in [2.24, 2.45) is 16.7 Å². The lowest BCUT2D eigenvalue weighted by atomic mass is 10.0. The van der Waals surface area contributed by atoms with Crippen LogP contribution in [0, 0.1) is 16.7 Å². The molecule has 0 saturated heterocycles. The van der Waals surface area contributed by atoms with Gasteiger partial charge < -0.3 is 0 Å². The smallest absolute Gasteiger partial charge is 0.225 e. The maximum absolute atomic E-state index is 12.1. The van der Waals surface area contributed by atoms with Crippen LogP contribution in [0.5, 0.6) is 0 Å². The van der Waals surface area contributed by atoms with E-state index in [4.69, 9.17) is 11.6 Å². The summed E-state index contributed by atoms with van der Waals surface area (Å²) in [5, 5.41) is 0.0309. The van der Waals surface area contributed by atoms with E-state index in [1.54, 1.807) is 0 Å². The van der Waals surface area contributed by atoms with Crippen LogP contribution in [-0.2, 0) is 10.0 Å². The molecule has 19 heavy (non-hydrogen) atoms. The van der Waals surface area contributed by atoms with Crippen LogP contribution in [0.1, 0.15) is 27.7 Å². The highest BCUT2D eigenvalue weighted by Gasteiger charge is 2.64.